The SMILES string of the molecule is CCOC(=O)C1(c2ccccc2)ON=C([C@@H](NC(=O)C(C)c2ccccc2)C(C)C)C1C. The van der Waals surface area contributed by atoms with Crippen molar-refractivity contribution < 1.29 is 19.2 Å². The van der Waals surface area contributed by atoms with Crippen LogP contribution < -0.4 is 5.32 Å². The van der Waals surface area contributed by atoms with Crippen LogP contribution in [0.15, 0.2) is 65.8 Å². The number of amides is 1. The Kier molecular flexibility index (Phi) is 7.33. The van der Waals surface area contributed by atoms with Crippen LogP contribution in [0.4, 0.5) is 0 Å². The molecule has 0 saturated carbocycles. The molecule has 1 N–H and O–H groups in total. The molecule has 0 aromatic heterocycles. The van der Waals surface area contributed by atoms with Crippen LogP contribution in [0.3, 0.4) is 0 Å². The van der Waals surface area contributed by atoms with Crippen molar-refractivity contribution in [1.29, 1.82) is 0 Å². The van der Waals surface area contributed by atoms with Gasteiger partial charge in [0.1, 0.15) is 0 Å². The molecule has 0 fully saturated rings. The zero-order valence-electron chi connectivity index (χ0n) is 19.4. The molecule has 32 heavy (non-hydrogen) atoms. The van der Waals surface area contributed by atoms with Gasteiger partial charge in [0.15, 0.2) is 0 Å². The molecule has 0 bridgehead atoms. The van der Waals surface area contributed by atoms with Crippen molar-refractivity contribution in [2.75, 3.05) is 6.61 Å². The molecule has 6 nitrogen and oxygen atoms in total. The van der Waals surface area contributed by atoms with Crippen LogP contribution in [0.5, 0.6) is 0 Å². The summed E-state index contributed by atoms with van der Waals surface area (Å²) in [5, 5.41) is 7.50. The van der Waals surface area contributed by atoms with Crippen molar-refractivity contribution in [2.45, 2.75) is 52.2 Å². The second kappa shape index (κ2) is 9.98. The number of carbonyl (C=O) groups excluding carboxylic acids is 2. The second-order valence-corrected chi connectivity index (χ2v) is 8.51. The Morgan fingerprint density at radius 2 is 1.66 bits per heavy atom. The lowest BCUT2D eigenvalue weighted by Gasteiger charge is -2.32. The largest absolute Gasteiger partial charge is 0.463 e. The number of hydrogen-bond acceptors (Lipinski definition) is 5. The Morgan fingerprint density at radius 3 is 2.22 bits per heavy atom. The van der Waals surface area contributed by atoms with Gasteiger partial charge in [-0.15, -0.1) is 0 Å². The van der Waals surface area contributed by atoms with Gasteiger partial charge in [0.2, 0.25) is 5.91 Å². The van der Waals surface area contributed by atoms with E-state index in [1.807, 2.05) is 88.4 Å². The smallest absolute Gasteiger partial charge is 0.358 e. The van der Waals surface area contributed by atoms with E-state index in [0.29, 0.717) is 11.3 Å². The molecule has 0 spiro atoms. The summed E-state index contributed by atoms with van der Waals surface area (Å²) in [6.07, 6.45) is 0. The van der Waals surface area contributed by atoms with E-state index in [9.17, 15) is 9.59 Å². The van der Waals surface area contributed by atoms with Crippen molar-refractivity contribution in [3.63, 3.8) is 0 Å². The van der Waals surface area contributed by atoms with E-state index in [0.717, 1.165) is 5.56 Å². The van der Waals surface area contributed by atoms with E-state index in [2.05, 4.69) is 10.5 Å². The highest BCUT2D eigenvalue weighted by molar-refractivity contribution is 6.01. The first-order valence-corrected chi connectivity index (χ1v) is 11.2. The van der Waals surface area contributed by atoms with Crippen molar-refractivity contribution in [1.82, 2.24) is 5.32 Å². The third-order valence-corrected chi connectivity index (χ3v) is 6.11. The fourth-order valence-corrected chi connectivity index (χ4v) is 4.13. The highest BCUT2D eigenvalue weighted by Crippen LogP contribution is 2.42. The topological polar surface area (TPSA) is 77.0 Å². The summed E-state index contributed by atoms with van der Waals surface area (Å²) < 4.78 is 5.40. The predicted octanol–water partition coefficient (Wildman–Crippen LogP) is 4.41. The molecular formula is C26H32N2O4. The fraction of sp³-hybridized carbons (Fsp3) is 0.423. The van der Waals surface area contributed by atoms with E-state index in [1.54, 1.807) is 6.92 Å². The minimum Gasteiger partial charge on any atom is -0.463 e. The Bertz CT molecular complexity index is 958. The molecule has 1 amide bonds. The number of oxime groups is 1. The van der Waals surface area contributed by atoms with Crippen LogP contribution >= 0.6 is 0 Å². The lowest BCUT2D eigenvalue weighted by Crippen LogP contribution is -2.51. The Hall–Kier alpha value is -3.15. The van der Waals surface area contributed by atoms with Gasteiger partial charge < -0.3 is 14.9 Å². The normalized spacial score (nSPS) is 21.9. The average molecular weight is 437 g/mol. The summed E-state index contributed by atoms with van der Waals surface area (Å²) in [5.74, 6) is -1.29. The minimum absolute atomic E-state index is 0.0421. The standard InChI is InChI=1S/C26H32N2O4/c1-6-31-25(30)26(21-15-11-8-12-16-21)19(5)23(28-32-26)22(17(2)3)27-24(29)18(4)20-13-9-7-10-14-20/h7-19,22H,6H2,1-5H3,(H,27,29)/t18?,19?,22-,26?/m0/s1. The van der Waals surface area contributed by atoms with E-state index in [4.69, 9.17) is 9.57 Å². The first-order chi connectivity index (χ1) is 15.3. The molecule has 2 aromatic rings. The maximum absolute atomic E-state index is 13.1. The fourth-order valence-electron chi connectivity index (χ4n) is 4.13. The second-order valence-electron chi connectivity index (χ2n) is 8.51. The van der Waals surface area contributed by atoms with Gasteiger partial charge in [-0.2, -0.15) is 0 Å². The third kappa shape index (κ3) is 4.40. The van der Waals surface area contributed by atoms with Crippen LogP contribution in [0, 0.1) is 11.8 Å². The lowest BCUT2D eigenvalue weighted by atomic mass is 9.76. The predicted molar refractivity (Wildman–Crippen MR) is 124 cm³/mol. The van der Waals surface area contributed by atoms with Crippen LogP contribution in [-0.2, 0) is 24.8 Å². The molecule has 2 aromatic carbocycles. The number of nitrogens with zero attached hydrogens (tertiary/aromatic N) is 1. The molecule has 170 valence electrons. The van der Waals surface area contributed by atoms with Gasteiger partial charge in [0, 0.05) is 5.56 Å². The van der Waals surface area contributed by atoms with Crippen LogP contribution in [0.1, 0.15) is 51.7 Å². The van der Waals surface area contributed by atoms with Gasteiger partial charge in [-0.05, 0) is 25.3 Å². The number of rotatable bonds is 8. The molecule has 1 aliphatic heterocycles. The van der Waals surface area contributed by atoms with Crippen LogP contribution in [0.2, 0.25) is 0 Å². The Labute approximate surface area is 190 Å². The van der Waals surface area contributed by atoms with Gasteiger partial charge in [-0.25, -0.2) is 4.79 Å². The van der Waals surface area contributed by atoms with E-state index >= 15 is 0 Å². The summed E-state index contributed by atoms with van der Waals surface area (Å²) in [4.78, 5) is 32.1. The first-order valence-electron chi connectivity index (χ1n) is 11.2. The van der Waals surface area contributed by atoms with Gasteiger partial charge in [-0.1, -0.05) is 86.6 Å². The molecule has 1 heterocycles. The monoisotopic (exact) mass is 436 g/mol. The number of esters is 1. The molecular weight excluding hydrogens is 404 g/mol. The van der Waals surface area contributed by atoms with Crippen LogP contribution in [-0.4, -0.2) is 30.2 Å². The number of ether oxygens (including phenoxy) is 1. The summed E-state index contributed by atoms with van der Waals surface area (Å²) in [6.45, 7) is 9.81. The molecule has 6 heteroatoms. The molecule has 3 unspecified atom stereocenters. The number of hydrogen-bond donors (Lipinski definition) is 1. The van der Waals surface area contributed by atoms with Gasteiger partial charge in [0.25, 0.3) is 5.60 Å². The maximum Gasteiger partial charge on any atom is 0.358 e. The van der Waals surface area contributed by atoms with Gasteiger partial charge >= 0.3 is 5.97 Å². The lowest BCUT2D eigenvalue weighted by molar-refractivity contribution is -0.174. The number of benzene rings is 2. The van der Waals surface area contributed by atoms with E-state index < -0.39 is 17.5 Å². The molecule has 3 rings (SSSR count). The molecule has 0 saturated heterocycles. The summed E-state index contributed by atoms with van der Waals surface area (Å²) in [5.41, 5.74) is 0.868. The quantitative estimate of drug-likeness (QED) is 0.622. The summed E-state index contributed by atoms with van der Waals surface area (Å²) in [6, 6.07) is 18.5. The third-order valence-electron chi connectivity index (χ3n) is 6.11. The average Bonchev–Trinajstić information content (AvgIpc) is 3.15. The first kappa shape index (κ1) is 23.5. The van der Waals surface area contributed by atoms with E-state index in [1.165, 1.54) is 0 Å². The number of carbonyl (C=O) groups is 2. The number of nitrogens with one attached hydrogen (secondary N) is 1. The molecule has 1 aliphatic rings. The van der Waals surface area contributed by atoms with Crippen molar-refractivity contribution in [3.8, 4) is 0 Å². The minimum atomic E-state index is -1.38. The molecule has 0 radical (unpaired) electrons. The van der Waals surface area contributed by atoms with Crippen LogP contribution in [0.25, 0.3) is 0 Å². The Morgan fingerprint density at radius 1 is 1.06 bits per heavy atom. The zero-order chi connectivity index (χ0) is 23.3. The van der Waals surface area contributed by atoms with Crippen molar-refractivity contribution in [2.24, 2.45) is 17.0 Å². The molecule has 0 aliphatic carbocycles. The summed E-state index contributed by atoms with van der Waals surface area (Å²) >= 11 is 0. The van der Waals surface area contributed by atoms with Gasteiger partial charge in [0.05, 0.1) is 30.2 Å². The highest BCUT2D eigenvalue weighted by atomic mass is 16.7. The summed E-state index contributed by atoms with van der Waals surface area (Å²) in [7, 11) is 0. The van der Waals surface area contributed by atoms with Crippen molar-refractivity contribution >= 4 is 17.6 Å². The zero-order valence-corrected chi connectivity index (χ0v) is 19.4. The molecule has 4 atom stereocenters. The van der Waals surface area contributed by atoms with E-state index in [-0.39, 0.29) is 30.4 Å². The Balaban J connectivity index is 1.89. The van der Waals surface area contributed by atoms with Gasteiger partial charge in [-0.3, -0.25) is 4.79 Å². The highest BCUT2D eigenvalue weighted by Gasteiger charge is 2.57. The van der Waals surface area contributed by atoms with Crippen molar-refractivity contribution in [3.05, 3.63) is 71.8 Å². The maximum atomic E-state index is 13.1.